The van der Waals surface area contributed by atoms with E-state index in [2.05, 4.69) is 149 Å². The van der Waals surface area contributed by atoms with Crippen LogP contribution in [0.5, 0.6) is 23.0 Å². The van der Waals surface area contributed by atoms with Crippen LogP contribution in [0.25, 0.3) is 0 Å². The number of para-hydroxylation sites is 4. The molecular weight excluding hydrogens is 613 g/mol. The van der Waals surface area contributed by atoms with Crippen molar-refractivity contribution in [3.63, 3.8) is 0 Å². The van der Waals surface area contributed by atoms with Crippen molar-refractivity contribution in [2.24, 2.45) is 0 Å². The Morgan fingerprint density at radius 2 is 0.837 bits per heavy atom. The van der Waals surface area contributed by atoms with Crippen molar-refractivity contribution in [1.82, 2.24) is 0 Å². The second kappa shape index (κ2) is 8.70. The molecule has 0 saturated heterocycles. The molecule has 0 amide bonds. The highest BCUT2D eigenvalue weighted by Gasteiger charge is 2.54. The molecule has 4 nitrogen and oxygen atoms in total. The molecule has 6 heterocycles. The Morgan fingerprint density at radius 1 is 0.408 bits per heavy atom. The highest BCUT2D eigenvalue weighted by molar-refractivity contribution is 7.07. The summed E-state index contributed by atoms with van der Waals surface area (Å²) < 4.78 is 17.9. The lowest BCUT2D eigenvalue weighted by molar-refractivity contribution is 0.487. The molecule has 6 aliphatic heterocycles. The summed E-state index contributed by atoms with van der Waals surface area (Å²) in [5.41, 5.74) is 15.5. The van der Waals surface area contributed by atoms with E-state index in [9.17, 15) is 0 Å². The Morgan fingerprint density at radius 3 is 1.37 bits per heavy atom. The van der Waals surface area contributed by atoms with Crippen LogP contribution in [0.3, 0.4) is 0 Å². The van der Waals surface area contributed by atoms with Crippen molar-refractivity contribution in [2.45, 2.75) is 0 Å². The topological polar surface area (TPSA) is 24.9 Å². The summed E-state index contributed by atoms with van der Waals surface area (Å²) in [5, 5.41) is 0. The largest absolute Gasteiger partial charge is 0.458 e. The van der Waals surface area contributed by atoms with Crippen LogP contribution in [-0.4, -0.2) is 27.6 Å². The summed E-state index contributed by atoms with van der Waals surface area (Å²) in [6, 6.07) is 51.6. The lowest BCUT2D eigenvalue weighted by atomic mass is 9.31. The maximum Gasteiger partial charge on any atom is 0.396 e. The molecule has 0 atom stereocenters. The highest BCUT2D eigenvalue weighted by Crippen LogP contribution is 2.47. The summed E-state index contributed by atoms with van der Waals surface area (Å²) in [5.74, 6) is 3.80. The van der Waals surface area contributed by atoms with E-state index in [1.807, 2.05) is 0 Å². The van der Waals surface area contributed by atoms with Crippen LogP contribution in [0.1, 0.15) is 0 Å². The van der Waals surface area contributed by atoms with Gasteiger partial charge in [0.05, 0.1) is 0 Å². The van der Waals surface area contributed by atoms with Crippen molar-refractivity contribution in [2.75, 3.05) is 9.80 Å². The molecule has 0 N–H and O–H groups in total. The van der Waals surface area contributed by atoms with Gasteiger partial charge in [0.1, 0.15) is 23.0 Å². The molecule has 0 radical (unpaired) electrons. The number of ether oxygens (including phenoxy) is 2. The molecule has 0 bridgehead atoms. The normalized spacial score (nSPS) is 15.1. The SMILES string of the molecule is c1ccc2c(c1)Oc1cccc3c1B2c1cc2c4[c]5c1N3c1cccc[c]1[Al]5[c]1ccccc1N4c1cccc3c1B2c1ccccc1O3. The van der Waals surface area contributed by atoms with Crippen LogP contribution in [0.15, 0.2) is 140 Å². The summed E-state index contributed by atoms with van der Waals surface area (Å²) in [7, 11) is 0. The molecule has 7 aromatic carbocycles. The van der Waals surface area contributed by atoms with Gasteiger partial charge in [-0.25, -0.2) is 0 Å². The maximum absolute atomic E-state index is 6.69. The number of rotatable bonds is 0. The monoisotopic (exact) mass is 636 g/mol. The van der Waals surface area contributed by atoms with Gasteiger partial charge in [0.25, 0.3) is 13.4 Å². The summed E-state index contributed by atoms with van der Waals surface area (Å²) in [6.45, 7) is 0.113. The zero-order valence-corrected chi connectivity index (χ0v) is 27.4. The zero-order chi connectivity index (χ0) is 31.5. The third kappa shape index (κ3) is 2.90. The summed E-state index contributed by atoms with van der Waals surface area (Å²) in [6.07, 6.45) is 0. The van der Waals surface area contributed by atoms with E-state index < -0.39 is 14.1 Å². The van der Waals surface area contributed by atoms with Gasteiger partial charge in [0.2, 0.25) is 0 Å². The van der Waals surface area contributed by atoms with E-state index in [4.69, 9.17) is 9.47 Å². The second-order valence-electron chi connectivity index (χ2n) is 13.9. The Balaban J connectivity index is 1.25. The Bertz CT molecular complexity index is 2520. The lowest BCUT2D eigenvalue weighted by Gasteiger charge is -2.51. The van der Waals surface area contributed by atoms with E-state index in [-0.39, 0.29) is 13.4 Å². The molecule has 0 unspecified atom stereocenters. The van der Waals surface area contributed by atoms with Crippen molar-refractivity contribution < 1.29 is 9.47 Å². The summed E-state index contributed by atoms with van der Waals surface area (Å²) in [4.78, 5) is 5.18. The Labute approximate surface area is 288 Å². The number of hydrogen-bond donors (Lipinski definition) is 0. The highest BCUT2D eigenvalue weighted by atomic mass is 27.2. The van der Waals surface area contributed by atoms with Gasteiger partial charge in [-0.1, -0.05) is 104 Å². The first-order chi connectivity index (χ1) is 24.3. The third-order valence-electron chi connectivity index (χ3n) is 11.7. The molecule has 222 valence electrons. The fraction of sp³-hybridized carbons (Fsp3) is 0. The molecule has 7 heteroatoms. The van der Waals surface area contributed by atoms with Crippen molar-refractivity contribution >= 4 is 108 Å². The molecule has 49 heavy (non-hydrogen) atoms. The number of anilines is 6. The molecular formula is C42H23AlB2N2O2. The van der Waals surface area contributed by atoms with E-state index in [0.29, 0.717) is 0 Å². The van der Waals surface area contributed by atoms with E-state index in [1.54, 1.807) is 0 Å². The fourth-order valence-corrected chi connectivity index (χ4v) is 13.8. The smallest absolute Gasteiger partial charge is 0.396 e. The average molecular weight is 636 g/mol. The minimum absolute atomic E-state index is 0.0567. The Kier molecular flexibility index (Phi) is 4.51. The van der Waals surface area contributed by atoms with Gasteiger partial charge >= 0.3 is 14.1 Å². The van der Waals surface area contributed by atoms with Crippen LogP contribution in [0.4, 0.5) is 34.1 Å². The van der Waals surface area contributed by atoms with Crippen molar-refractivity contribution in [3.8, 4) is 23.0 Å². The molecule has 0 fully saturated rings. The molecule has 0 aromatic heterocycles. The average Bonchev–Trinajstić information content (AvgIpc) is 3.16. The fourth-order valence-electron chi connectivity index (χ4n) is 10.1. The van der Waals surface area contributed by atoms with Crippen LogP contribution in [0.2, 0.25) is 0 Å². The van der Waals surface area contributed by atoms with Gasteiger partial charge in [0.15, 0.2) is 0 Å². The zero-order valence-electron chi connectivity index (χ0n) is 26.2. The first kappa shape index (κ1) is 25.4. The predicted octanol–water partition coefficient (Wildman–Crippen LogP) is 3.64. The standard InChI is InChI=1S/C42H23B2N2O2.Al/c1-3-13-27(14-4-1)45-33-19-11-23-39-41(33)43(29-17-7-9-21-37(29)47-39)31-25-32-36(26-35(31)45)46(28-15-5-2-6-16-28)34-20-12-24-40-42(34)44(32)30-18-8-10-22-38(30)48-40;/h1-13,15,17-25H;. The second-order valence-corrected chi connectivity index (χ2v) is 16.6. The molecule has 0 aliphatic carbocycles. The van der Waals surface area contributed by atoms with Gasteiger partial charge in [-0.3, -0.25) is 0 Å². The van der Waals surface area contributed by atoms with Gasteiger partial charge in [0, 0.05) is 34.1 Å². The minimum Gasteiger partial charge on any atom is -0.458 e. The van der Waals surface area contributed by atoms with Crippen LogP contribution in [-0.2, 0) is 0 Å². The third-order valence-corrected chi connectivity index (χ3v) is 15.1. The molecule has 0 spiro atoms. The van der Waals surface area contributed by atoms with Gasteiger partial charge < -0.3 is 19.3 Å². The van der Waals surface area contributed by atoms with E-state index in [0.717, 1.165) is 23.0 Å². The van der Waals surface area contributed by atoms with Crippen LogP contribution < -0.4 is 65.3 Å². The quantitative estimate of drug-likeness (QED) is 0.238. The Hall–Kier alpha value is -5.60. The van der Waals surface area contributed by atoms with Gasteiger partial charge in [-0.05, 0) is 81.3 Å². The first-order valence-corrected chi connectivity index (χ1v) is 18.9. The predicted molar refractivity (Wildman–Crippen MR) is 203 cm³/mol. The number of nitrogens with zero attached hydrogens (tertiary/aromatic N) is 2. The van der Waals surface area contributed by atoms with Crippen molar-refractivity contribution in [3.05, 3.63) is 140 Å². The molecule has 7 aromatic rings. The number of benzene rings is 7. The van der Waals surface area contributed by atoms with Gasteiger partial charge in [-0.15, -0.1) is 0 Å². The number of hydrogen-bond acceptors (Lipinski definition) is 4. The molecule has 6 aliphatic rings. The van der Waals surface area contributed by atoms with Crippen molar-refractivity contribution in [1.29, 1.82) is 0 Å². The first-order valence-electron chi connectivity index (χ1n) is 17.1. The van der Waals surface area contributed by atoms with E-state index in [1.165, 1.54) is 80.2 Å². The number of fused-ring (bicyclic) bond motifs is 14. The minimum atomic E-state index is -1.96. The maximum atomic E-state index is 6.69. The van der Waals surface area contributed by atoms with E-state index >= 15 is 0 Å². The lowest BCUT2D eigenvalue weighted by Crippen LogP contribution is -2.72. The molecule has 0 saturated carbocycles. The summed E-state index contributed by atoms with van der Waals surface area (Å²) >= 11 is -1.96. The molecule has 13 rings (SSSR count). The van der Waals surface area contributed by atoms with Crippen LogP contribution >= 0.6 is 0 Å². The van der Waals surface area contributed by atoms with Crippen LogP contribution in [0, 0.1) is 0 Å². The van der Waals surface area contributed by atoms with Gasteiger partial charge in [-0.2, -0.15) is 0 Å².